The zero-order valence-electron chi connectivity index (χ0n) is 18.3. The number of imidazole rings is 1. The highest BCUT2D eigenvalue weighted by molar-refractivity contribution is 6.04. The lowest BCUT2D eigenvalue weighted by atomic mass is 10.1. The van der Waals surface area contributed by atoms with Crippen LogP contribution in [-0.4, -0.2) is 38.9 Å². The lowest BCUT2D eigenvalue weighted by molar-refractivity contribution is 0.0945. The zero-order valence-corrected chi connectivity index (χ0v) is 18.3. The molecule has 3 aromatic heterocycles. The molecule has 0 aliphatic rings. The van der Waals surface area contributed by atoms with Crippen LogP contribution in [0.15, 0.2) is 65.4 Å². The number of benzene rings is 2. The van der Waals surface area contributed by atoms with Crippen molar-refractivity contribution < 1.29 is 13.6 Å². The number of pyridine rings is 1. The molecule has 0 bridgehead atoms. The minimum atomic E-state index is -0.467. The van der Waals surface area contributed by atoms with E-state index in [2.05, 4.69) is 49.9 Å². The quantitative estimate of drug-likeness (QED) is 0.292. The van der Waals surface area contributed by atoms with Gasteiger partial charge < -0.3 is 20.0 Å². The molecule has 0 spiro atoms. The molecule has 9 heteroatoms. The summed E-state index contributed by atoms with van der Waals surface area (Å²) in [6.45, 7) is 1.36. The van der Waals surface area contributed by atoms with Crippen LogP contribution >= 0.6 is 0 Å². The number of nitrogens with zero attached hydrogens (tertiary/aromatic N) is 3. The van der Waals surface area contributed by atoms with Crippen molar-refractivity contribution in [1.82, 2.24) is 30.6 Å². The van der Waals surface area contributed by atoms with Gasteiger partial charge in [0.2, 0.25) is 0 Å². The van der Waals surface area contributed by atoms with Gasteiger partial charge in [0.05, 0.1) is 23.3 Å². The van der Waals surface area contributed by atoms with Crippen molar-refractivity contribution in [3.05, 3.63) is 89.9 Å². The Morgan fingerprint density at radius 2 is 1.91 bits per heavy atom. The number of rotatable bonds is 9. The van der Waals surface area contributed by atoms with Crippen molar-refractivity contribution in [3.63, 3.8) is 0 Å². The molecule has 0 saturated heterocycles. The Morgan fingerprint density at radius 1 is 1.03 bits per heavy atom. The van der Waals surface area contributed by atoms with Crippen LogP contribution in [-0.2, 0) is 19.4 Å². The van der Waals surface area contributed by atoms with Crippen molar-refractivity contribution in [2.75, 3.05) is 13.1 Å². The van der Waals surface area contributed by atoms with E-state index < -0.39 is 11.7 Å². The molecule has 5 aromatic rings. The van der Waals surface area contributed by atoms with E-state index in [4.69, 9.17) is 9.40 Å². The van der Waals surface area contributed by atoms with Gasteiger partial charge in [0.25, 0.3) is 5.91 Å². The lowest BCUT2D eigenvalue weighted by Gasteiger charge is -2.03. The van der Waals surface area contributed by atoms with E-state index >= 15 is 0 Å². The summed E-state index contributed by atoms with van der Waals surface area (Å²) >= 11 is 0. The average molecular weight is 458 g/mol. The number of nitrogens with one attached hydrogen (secondary N) is 3. The van der Waals surface area contributed by atoms with Gasteiger partial charge >= 0.3 is 0 Å². The standard InChI is InChI=1S/C25H23FN6O2/c26-18-6-3-11-28-20(18)14-29-25(33)21-15-34-23(31-21)10-13-27-12-9-22-30-19-8-7-16-4-1-2-5-17(16)24(19)32-22/h1-8,11,15,27H,9-10,12-14H2,(H,29,33)(H,30,32). The van der Waals surface area contributed by atoms with E-state index in [9.17, 15) is 9.18 Å². The number of H-pyrrole nitrogens is 1. The molecule has 0 atom stereocenters. The molecule has 1 amide bonds. The van der Waals surface area contributed by atoms with E-state index in [1.54, 1.807) is 0 Å². The second kappa shape index (κ2) is 9.80. The van der Waals surface area contributed by atoms with Crippen molar-refractivity contribution in [2.24, 2.45) is 0 Å². The maximum Gasteiger partial charge on any atom is 0.273 e. The number of carbonyl (C=O) groups excluding carboxylic acids is 1. The molecule has 3 heterocycles. The summed E-state index contributed by atoms with van der Waals surface area (Å²) < 4.78 is 19.0. The van der Waals surface area contributed by atoms with Crippen molar-refractivity contribution in [2.45, 2.75) is 19.4 Å². The topological polar surface area (TPSA) is 109 Å². The van der Waals surface area contributed by atoms with Gasteiger partial charge in [-0.2, -0.15) is 0 Å². The molecule has 0 saturated carbocycles. The Labute approximate surface area is 194 Å². The second-order valence-electron chi connectivity index (χ2n) is 7.86. The van der Waals surface area contributed by atoms with Gasteiger partial charge in [-0.1, -0.05) is 30.3 Å². The number of aromatic nitrogens is 4. The van der Waals surface area contributed by atoms with Crippen LogP contribution in [0.25, 0.3) is 21.8 Å². The van der Waals surface area contributed by atoms with Gasteiger partial charge in [-0.05, 0) is 23.6 Å². The van der Waals surface area contributed by atoms with Crippen LogP contribution in [0, 0.1) is 5.82 Å². The molecule has 0 unspecified atom stereocenters. The molecule has 0 radical (unpaired) electrons. The van der Waals surface area contributed by atoms with E-state index in [0.29, 0.717) is 18.9 Å². The number of halogens is 1. The number of amides is 1. The highest BCUT2D eigenvalue weighted by Crippen LogP contribution is 2.23. The normalized spacial score (nSPS) is 11.3. The maximum absolute atomic E-state index is 13.6. The number of fused-ring (bicyclic) bond motifs is 3. The van der Waals surface area contributed by atoms with Gasteiger partial charge in [-0.15, -0.1) is 0 Å². The summed E-state index contributed by atoms with van der Waals surface area (Å²) in [5, 5.41) is 8.26. The van der Waals surface area contributed by atoms with E-state index in [1.807, 2.05) is 12.1 Å². The maximum atomic E-state index is 13.6. The number of hydrogen-bond acceptors (Lipinski definition) is 6. The summed E-state index contributed by atoms with van der Waals surface area (Å²) in [7, 11) is 0. The molecule has 0 aliphatic carbocycles. The molecule has 34 heavy (non-hydrogen) atoms. The number of carbonyl (C=O) groups is 1. The Bertz CT molecular complexity index is 1440. The minimum Gasteiger partial charge on any atom is -0.448 e. The smallest absolute Gasteiger partial charge is 0.273 e. The van der Waals surface area contributed by atoms with Crippen molar-refractivity contribution in [1.29, 1.82) is 0 Å². The van der Waals surface area contributed by atoms with Gasteiger partial charge in [-0.25, -0.2) is 14.4 Å². The van der Waals surface area contributed by atoms with Gasteiger partial charge in [0.1, 0.15) is 17.9 Å². The third kappa shape index (κ3) is 4.79. The summed E-state index contributed by atoms with van der Waals surface area (Å²) in [6, 6.07) is 15.2. The van der Waals surface area contributed by atoms with Crippen LogP contribution < -0.4 is 10.6 Å². The predicted molar refractivity (Wildman–Crippen MR) is 126 cm³/mol. The fourth-order valence-electron chi connectivity index (χ4n) is 3.77. The highest BCUT2D eigenvalue weighted by Gasteiger charge is 2.13. The molecule has 172 valence electrons. The molecule has 0 fully saturated rings. The summed E-state index contributed by atoms with van der Waals surface area (Å²) in [6.07, 6.45) is 4.07. The van der Waals surface area contributed by atoms with Crippen LogP contribution in [0.2, 0.25) is 0 Å². The van der Waals surface area contributed by atoms with Gasteiger partial charge in [0, 0.05) is 37.5 Å². The zero-order chi connectivity index (χ0) is 23.3. The summed E-state index contributed by atoms with van der Waals surface area (Å²) in [4.78, 5) is 28.5. The molecule has 5 rings (SSSR count). The molecular formula is C25H23FN6O2. The summed E-state index contributed by atoms with van der Waals surface area (Å²) in [5.74, 6) is 0.478. The first-order chi connectivity index (χ1) is 16.7. The third-order valence-electron chi connectivity index (χ3n) is 5.52. The minimum absolute atomic E-state index is 0.0210. The van der Waals surface area contributed by atoms with Crippen molar-refractivity contribution in [3.8, 4) is 0 Å². The Balaban J connectivity index is 1.08. The SMILES string of the molecule is O=C(NCc1ncccc1F)c1coc(CCNCCc2nc3c(ccc4ccccc43)[nH]2)n1. The van der Waals surface area contributed by atoms with Crippen molar-refractivity contribution >= 4 is 27.7 Å². The first-order valence-corrected chi connectivity index (χ1v) is 11.1. The average Bonchev–Trinajstić information content (AvgIpc) is 3.50. The Hall–Kier alpha value is -4.11. The lowest BCUT2D eigenvalue weighted by Crippen LogP contribution is -2.24. The van der Waals surface area contributed by atoms with Crippen LogP contribution in [0.3, 0.4) is 0 Å². The largest absolute Gasteiger partial charge is 0.448 e. The highest BCUT2D eigenvalue weighted by atomic mass is 19.1. The molecule has 0 aliphatic heterocycles. The van der Waals surface area contributed by atoms with E-state index in [0.717, 1.165) is 35.2 Å². The Morgan fingerprint density at radius 3 is 2.82 bits per heavy atom. The molecule has 2 aromatic carbocycles. The van der Waals surface area contributed by atoms with Gasteiger partial charge in [0.15, 0.2) is 11.6 Å². The van der Waals surface area contributed by atoms with Gasteiger partial charge in [-0.3, -0.25) is 9.78 Å². The predicted octanol–water partition coefficient (Wildman–Crippen LogP) is 3.54. The van der Waals surface area contributed by atoms with Crippen LogP contribution in [0.5, 0.6) is 0 Å². The number of aromatic amines is 1. The second-order valence-corrected chi connectivity index (χ2v) is 7.86. The monoisotopic (exact) mass is 458 g/mol. The van der Waals surface area contributed by atoms with E-state index in [-0.39, 0.29) is 17.9 Å². The van der Waals surface area contributed by atoms with Crippen LogP contribution in [0.4, 0.5) is 4.39 Å². The van der Waals surface area contributed by atoms with E-state index in [1.165, 1.54) is 30.0 Å². The number of oxazole rings is 1. The summed E-state index contributed by atoms with van der Waals surface area (Å²) in [5.41, 5.74) is 2.34. The fourth-order valence-corrected chi connectivity index (χ4v) is 3.77. The van der Waals surface area contributed by atoms with Crippen LogP contribution in [0.1, 0.15) is 27.9 Å². The first-order valence-electron chi connectivity index (χ1n) is 11.1. The Kier molecular flexibility index (Phi) is 6.26. The number of hydrogen-bond donors (Lipinski definition) is 3. The molecule has 3 N–H and O–H groups in total. The fraction of sp³-hybridized carbons (Fsp3) is 0.200. The molecule has 8 nitrogen and oxygen atoms in total. The molecular weight excluding hydrogens is 435 g/mol. The first kappa shape index (κ1) is 21.7. The third-order valence-corrected chi connectivity index (χ3v) is 5.52.